The fourth-order valence-corrected chi connectivity index (χ4v) is 5.75. The topological polar surface area (TPSA) is 71.6 Å². The number of carbonyl (C=O) groups excluding carboxylic acids is 2. The van der Waals surface area contributed by atoms with E-state index in [1.54, 1.807) is 20.3 Å². The summed E-state index contributed by atoms with van der Waals surface area (Å²) < 4.78 is 16.8. The fraction of sp³-hybridized carbons (Fsp3) is 0.758. The van der Waals surface area contributed by atoms with Crippen LogP contribution >= 0.6 is 0 Å². The number of likely N-dealkylation sites (tertiary alicyclic amines) is 1. The Morgan fingerprint density at radius 1 is 1.00 bits per heavy atom. The van der Waals surface area contributed by atoms with Crippen LogP contribution in [0.4, 0.5) is 0 Å². The lowest BCUT2D eigenvalue weighted by Gasteiger charge is -2.30. The molecule has 0 aromatic rings. The molecule has 8 heteroatoms. The van der Waals surface area contributed by atoms with Crippen LogP contribution in [0.2, 0.25) is 0 Å². The van der Waals surface area contributed by atoms with Gasteiger partial charge in [-0.15, -0.1) is 0 Å². The Morgan fingerprint density at radius 2 is 1.71 bits per heavy atom. The van der Waals surface area contributed by atoms with E-state index in [2.05, 4.69) is 23.6 Å². The van der Waals surface area contributed by atoms with Crippen molar-refractivity contribution in [1.29, 1.82) is 0 Å². The molecule has 234 valence electrons. The van der Waals surface area contributed by atoms with Gasteiger partial charge in [0.25, 0.3) is 0 Å². The van der Waals surface area contributed by atoms with Crippen LogP contribution in [0.5, 0.6) is 0 Å². The molecule has 1 saturated heterocycles. The molecule has 2 aliphatic heterocycles. The molecule has 2 aliphatic rings. The molecule has 0 spiro atoms. The van der Waals surface area contributed by atoms with Crippen molar-refractivity contribution >= 4 is 11.8 Å². The number of methoxy groups -OCH3 is 1. The molecule has 8 nitrogen and oxygen atoms in total. The van der Waals surface area contributed by atoms with Gasteiger partial charge in [-0.25, -0.2) is 0 Å². The first-order valence-corrected chi connectivity index (χ1v) is 16.0. The first-order valence-electron chi connectivity index (χ1n) is 16.0. The van der Waals surface area contributed by atoms with E-state index in [0.29, 0.717) is 31.2 Å². The highest BCUT2D eigenvalue weighted by atomic mass is 16.7. The Balaban J connectivity index is 2.20. The molecule has 41 heavy (non-hydrogen) atoms. The van der Waals surface area contributed by atoms with Gasteiger partial charge in [-0.2, -0.15) is 0 Å². The van der Waals surface area contributed by atoms with Crippen LogP contribution in [0.15, 0.2) is 35.5 Å². The summed E-state index contributed by atoms with van der Waals surface area (Å²) in [6.07, 6.45) is 16.9. The molecule has 0 bridgehead atoms. The van der Waals surface area contributed by atoms with Crippen LogP contribution in [0.3, 0.4) is 0 Å². The van der Waals surface area contributed by atoms with E-state index in [1.165, 1.54) is 32.1 Å². The quantitative estimate of drug-likeness (QED) is 0.180. The van der Waals surface area contributed by atoms with Crippen LogP contribution in [0, 0.1) is 5.92 Å². The Bertz CT molecular complexity index is 884. The number of hydrogen-bond donors (Lipinski definition) is 0. The minimum Gasteiger partial charge on any atom is -0.493 e. The fourth-order valence-electron chi connectivity index (χ4n) is 5.75. The molecule has 0 unspecified atom stereocenters. The zero-order valence-electron chi connectivity index (χ0n) is 26.8. The van der Waals surface area contributed by atoms with Crippen LogP contribution in [0.1, 0.15) is 98.8 Å². The van der Waals surface area contributed by atoms with Crippen molar-refractivity contribution in [3.63, 3.8) is 0 Å². The second kappa shape index (κ2) is 19.6. The summed E-state index contributed by atoms with van der Waals surface area (Å²) in [6.45, 7) is 14.3. The molecule has 0 aromatic carbocycles. The molecule has 0 aliphatic carbocycles. The monoisotopic (exact) mass is 575 g/mol. The van der Waals surface area contributed by atoms with E-state index in [1.807, 2.05) is 30.9 Å². The summed E-state index contributed by atoms with van der Waals surface area (Å²) in [5.74, 6) is 1.88. The first kappa shape index (κ1) is 34.7. The van der Waals surface area contributed by atoms with E-state index >= 15 is 0 Å². The molecule has 2 rings (SSSR count). The van der Waals surface area contributed by atoms with Gasteiger partial charge in [0.2, 0.25) is 18.6 Å². The molecule has 1 fully saturated rings. The predicted octanol–water partition coefficient (Wildman–Crippen LogP) is 6.25. The van der Waals surface area contributed by atoms with Crippen LogP contribution in [-0.2, 0) is 23.8 Å². The lowest BCUT2D eigenvalue weighted by molar-refractivity contribution is -0.133. The Kier molecular flexibility index (Phi) is 16.6. The van der Waals surface area contributed by atoms with Gasteiger partial charge in [0.15, 0.2) is 5.76 Å². The SMILES string of the molecule is CCCCCCCCN(CCCC)C(=O)CN1C[C@H](C2=C/C(OC)=C(\C)OCO\C=C\2)C[C@@H]1CCN(CC)C(C)=O. The minimum atomic E-state index is 0.0961. The molecule has 0 aromatic heterocycles. The molecule has 0 saturated carbocycles. The average Bonchev–Trinajstić information content (AvgIpc) is 3.38. The van der Waals surface area contributed by atoms with E-state index in [0.717, 1.165) is 57.3 Å². The van der Waals surface area contributed by atoms with Gasteiger partial charge < -0.3 is 24.0 Å². The summed E-state index contributed by atoms with van der Waals surface area (Å²) in [7, 11) is 1.65. The van der Waals surface area contributed by atoms with Crippen molar-refractivity contribution < 1.29 is 23.8 Å². The summed E-state index contributed by atoms with van der Waals surface area (Å²) >= 11 is 0. The maximum atomic E-state index is 13.7. The highest BCUT2D eigenvalue weighted by molar-refractivity contribution is 5.78. The number of carbonyl (C=O) groups is 2. The van der Waals surface area contributed by atoms with Gasteiger partial charge in [-0.3, -0.25) is 14.5 Å². The predicted molar refractivity (Wildman–Crippen MR) is 165 cm³/mol. The Hall–Kier alpha value is -2.48. The second-order valence-electron chi connectivity index (χ2n) is 11.4. The highest BCUT2D eigenvalue weighted by Crippen LogP contribution is 2.33. The molecular weight excluding hydrogens is 518 g/mol. The Morgan fingerprint density at radius 3 is 2.39 bits per heavy atom. The summed E-state index contributed by atoms with van der Waals surface area (Å²) in [6, 6.07) is 0.203. The van der Waals surface area contributed by atoms with E-state index in [-0.39, 0.29) is 30.6 Å². The van der Waals surface area contributed by atoms with E-state index < -0.39 is 0 Å². The Labute approximate surface area is 249 Å². The lowest BCUT2D eigenvalue weighted by Crippen LogP contribution is -2.44. The normalized spacial score (nSPS) is 23.3. The summed E-state index contributed by atoms with van der Waals surface area (Å²) in [5, 5.41) is 0. The molecule has 0 N–H and O–H groups in total. The summed E-state index contributed by atoms with van der Waals surface area (Å²) in [4.78, 5) is 32.2. The first-order chi connectivity index (χ1) is 19.8. The number of hydrogen-bond acceptors (Lipinski definition) is 6. The third-order valence-electron chi connectivity index (χ3n) is 8.38. The molecule has 2 atom stereocenters. The van der Waals surface area contributed by atoms with Crippen molar-refractivity contribution in [2.45, 2.75) is 105 Å². The highest BCUT2D eigenvalue weighted by Gasteiger charge is 2.35. The number of unbranched alkanes of at least 4 members (excludes halogenated alkanes) is 6. The largest absolute Gasteiger partial charge is 0.493 e. The smallest absolute Gasteiger partial charge is 0.236 e. The maximum Gasteiger partial charge on any atom is 0.236 e. The van der Waals surface area contributed by atoms with Crippen LogP contribution in [0.25, 0.3) is 0 Å². The van der Waals surface area contributed by atoms with Crippen LogP contribution < -0.4 is 0 Å². The molecule has 2 heterocycles. The van der Waals surface area contributed by atoms with Crippen molar-refractivity contribution in [2.75, 3.05) is 53.2 Å². The van der Waals surface area contributed by atoms with Gasteiger partial charge in [0.05, 0.1) is 19.9 Å². The zero-order chi connectivity index (χ0) is 30.0. The molecule has 2 amide bonds. The molecule has 0 radical (unpaired) electrons. The zero-order valence-corrected chi connectivity index (χ0v) is 26.8. The standard InChI is InChI=1S/C33H57N3O5/c1-7-10-12-13-14-15-19-35(18-11-8-2)33(38)25-36-24-30(22-31(36)16-20-34(9-3)28(5)37)29-17-21-40-26-41-27(4)32(23-29)39-6/h17,21,23,30-31H,7-16,18-20,22,24-26H2,1-6H3/b21-17+,29-23+,32-27-/t30-,31+/m1/s1. The van der Waals surface area contributed by atoms with E-state index in [9.17, 15) is 9.59 Å². The third-order valence-corrected chi connectivity index (χ3v) is 8.38. The van der Waals surface area contributed by atoms with Crippen molar-refractivity contribution in [3.8, 4) is 0 Å². The van der Waals surface area contributed by atoms with Crippen molar-refractivity contribution in [1.82, 2.24) is 14.7 Å². The van der Waals surface area contributed by atoms with Gasteiger partial charge in [0, 0.05) is 45.7 Å². The van der Waals surface area contributed by atoms with Crippen molar-refractivity contribution in [3.05, 3.63) is 35.5 Å². The lowest BCUT2D eigenvalue weighted by atomic mass is 9.94. The number of ether oxygens (including phenoxy) is 3. The number of rotatable bonds is 18. The maximum absolute atomic E-state index is 13.7. The van der Waals surface area contributed by atoms with Crippen LogP contribution in [-0.4, -0.2) is 85.7 Å². The number of nitrogens with zero attached hydrogens (tertiary/aromatic N) is 3. The minimum absolute atomic E-state index is 0.0961. The van der Waals surface area contributed by atoms with Crippen molar-refractivity contribution in [2.24, 2.45) is 5.92 Å². The third kappa shape index (κ3) is 12.1. The van der Waals surface area contributed by atoms with Gasteiger partial charge in [-0.1, -0.05) is 52.4 Å². The van der Waals surface area contributed by atoms with Gasteiger partial charge >= 0.3 is 0 Å². The number of allylic oxidation sites excluding steroid dienone is 3. The summed E-state index contributed by atoms with van der Waals surface area (Å²) in [5.41, 5.74) is 1.10. The van der Waals surface area contributed by atoms with E-state index in [4.69, 9.17) is 14.2 Å². The van der Waals surface area contributed by atoms with Gasteiger partial charge in [-0.05, 0) is 63.2 Å². The number of amides is 2. The average molecular weight is 576 g/mol. The van der Waals surface area contributed by atoms with Gasteiger partial charge in [0.1, 0.15) is 5.76 Å². The molecular formula is C33H57N3O5. The second-order valence-corrected chi connectivity index (χ2v) is 11.4.